The summed E-state index contributed by atoms with van der Waals surface area (Å²) >= 11 is 0. The fourth-order valence-corrected chi connectivity index (χ4v) is 2.37. The van der Waals surface area contributed by atoms with Crippen molar-refractivity contribution in [2.24, 2.45) is 0 Å². The van der Waals surface area contributed by atoms with Crippen molar-refractivity contribution >= 4 is 5.91 Å². The van der Waals surface area contributed by atoms with Crippen LogP contribution in [-0.2, 0) is 6.42 Å². The largest absolute Gasteiger partial charge is 0.352 e. The van der Waals surface area contributed by atoms with E-state index in [1.807, 2.05) is 53.4 Å². The van der Waals surface area contributed by atoms with Crippen LogP contribution in [0.25, 0.3) is 5.69 Å². The van der Waals surface area contributed by atoms with Crippen molar-refractivity contribution in [1.29, 1.82) is 0 Å². The molecular weight excluding hydrogens is 291 g/mol. The van der Waals surface area contributed by atoms with Gasteiger partial charge in [-0.25, -0.2) is 4.39 Å². The van der Waals surface area contributed by atoms with Crippen LogP contribution in [0.15, 0.2) is 73.1 Å². The van der Waals surface area contributed by atoms with Crippen LogP contribution in [0.1, 0.15) is 15.9 Å². The van der Waals surface area contributed by atoms with Crippen molar-refractivity contribution in [3.63, 3.8) is 0 Å². The van der Waals surface area contributed by atoms with E-state index in [-0.39, 0.29) is 11.7 Å². The minimum absolute atomic E-state index is 0.105. The number of aromatic nitrogens is 1. The van der Waals surface area contributed by atoms with Gasteiger partial charge in [0.2, 0.25) is 0 Å². The van der Waals surface area contributed by atoms with Crippen molar-refractivity contribution in [3.8, 4) is 5.69 Å². The normalized spacial score (nSPS) is 10.5. The highest BCUT2D eigenvalue weighted by Crippen LogP contribution is 2.10. The molecule has 1 aromatic heterocycles. The number of amides is 1. The molecule has 3 nitrogen and oxygen atoms in total. The second-order valence-corrected chi connectivity index (χ2v) is 5.27. The number of benzene rings is 2. The molecule has 0 spiro atoms. The predicted octanol–water partition coefficient (Wildman–Crippen LogP) is 3.59. The molecule has 0 radical (unpaired) electrons. The number of halogens is 1. The number of nitrogens with one attached hydrogen (secondary N) is 1. The van der Waals surface area contributed by atoms with Gasteiger partial charge in [-0.2, -0.15) is 0 Å². The van der Waals surface area contributed by atoms with Gasteiger partial charge in [-0.15, -0.1) is 0 Å². The van der Waals surface area contributed by atoms with E-state index in [1.54, 1.807) is 12.1 Å². The first kappa shape index (κ1) is 15.0. The van der Waals surface area contributed by atoms with Gasteiger partial charge in [-0.3, -0.25) is 4.79 Å². The topological polar surface area (TPSA) is 34.0 Å². The van der Waals surface area contributed by atoms with Crippen molar-refractivity contribution < 1.29 is 9.18 Å². The molecule has 0 saturated carbocycles. The highest BCUT2D eigenvalue weighted by molar-refractivity contribution is 5.94. The van der Waals surface area contributed by atoms with Gasteiger partial charge in [0, 0.05) is 30.2 Å². The molecule has 23 heavy (non-hydrogen) atoms. The molecule has 2 aromatic carbocycles. The van der Waals surface area contributed by atoms with E-state index in [2.05, 4.69) is 5.32 Å². The fourth-order valence-electron chi connectivity index (χ4n) is 2.37. The summed E-state index contributed by atoms with van der Waals surface area (Å²) in [5, 5.41) is 2.88. The predicted molar refractivity (Wildman–Crippen MR) is 88.2 cm³/mol. The number of hydrogen-bond donors (Lipinski definition) is 1. The van der Waals surface area contributed by atoms with E-state index in [0.717, 1.165) is 11.3 Å². The maximum atomic E-state index is 12.8. The second kappa shape index (κ2) is 6.92. The van der Waals surface area contributed by atoms with Crippen LogP contribution >= 0.6 is 0 Å². The Morgan fingerprint density at radius 1 is 0.957 bits per heavy atom. The summed E-state index contributed by atoms with van der Waals surface area (Å²) in [4.78, 5) is 12.1. The highest BCUT2D eigenvalue weighted by Gasteiger charge is 2.05. The molecule has 1 N–H and O–H groups in total. The van der Waals surface area contributed by atoms with Gasteiger partial charge in [0.15, 0.2) is 0 Å². The molecule has 0 aliphatic heterocycles. The smallest absolute Gasteiger partial charge is 0.251 e. The maximum absolute atomic E-state index is 12.8. The van der Waals surface area contributed by atoms with Crippen LogP contribution < -0.4 is 5.32 Å². The first-order valence-electron chi connectivity index (χ1n) is 7.48. The third kappa shape index (κ3) is 3.86. The molecule has 0 bridgehead atoms. The Bertz CT molecular complexity index is 762. The number of hydrogen-bond acceptors (Lipinski definition) is 1. The van der Waals surface area contributed by atoms with E-state index in [1.165, 1.54) is 12.1 Å². The summed E-state index contributed by atoms with van der Waals surface area (Å²) in [5.74, 6) is -0.355. The molecule has 0 unspecified atom stereocenters. The second-order valence-electron chi connectivity index (χ2n) is 5.27. The van der Waals surface area contributed by atoms with E-state index in [0.29, 0.717) is 18.5 Å². The molecule has 0 fully saturated rings. The summed E-state index contributed by atoms with van der Waals surface area (Å²) in [6.07, 6.45) is 4.59. The molecule has 1 amide bonds. The molecule has 116 valence electrons. The Morgan fingerprint density at radius 2 is 1.61 bits per heavy atom. The summed E-state index contributed by atoms with van der Waals surface area (Å²) in [7, 11) is 0. The van der Waals surface area contributed by atoms with Gasteiger partial charge >= 0.3 is 0 Å². The van der Waals surface area contributed by atoms with E-state index >= 15 is 0 Å². The summed E-state index contributed by atoms with van der Waals surface area (Å²) < 4.78 is 14.8. The Balaban J connectivity index is 1.55. The zero-order valence-electron chi connectivity index (χ0n) is 12.6. The Labute approximate surface area is 134 Å². The zero-order chi connectivity index (χ0) is 16.1. The molecule has 0 atom stereocenters. The quantitative estimate of drug-likeness (QED) is 0.768. The van der Waals surface area contributed by atoms with Gasteiger partial charge in [-0.1, -0.05) is 12.1 Å². The van der Waals surface area contributed by atoms with Gasteiger partial charge in [-0.05, 0) is 60.5 Å². The van der Waals surface area contributed by atoms with Gasteiger partial charge in [0.1, 0.15) is 5.82 Å². The standard InChI is InChI=1S/C19H17FN2O/c20-17-7-3-15(4-8-17)11-12-21-19(23)16-5-9-18(10-6-16)22-13-1-2-14-22/h1-10,13-14H,11-12H2,(H,21,23). The summed E-state index contributed by atoms with van der Waals surface area (Å²) in [6.45, 7) is 0.518. The Hall–Kier alpha value is -2.88. The average Bonchev–Trinajstić information content (AvgIpc) is 3.11. The Morgan fingerprint density at radius 3 is 2.26 bits per heavy atom. The van der Waals surface area contributed by atoms with E-state index < -0.39 is 0 Å². The minimum Gasteiger partial charge on any atom is -0.352 e. The van der Waals surface area contributed by atoms with Crippen LogP contribution in [0.5, 0.6) is 0 Å². The molecule has 3 rings (SSSR count). The molecule has 3 aromatic rings. The number of carbonyl (C=O) groups excluding carboxylic acids is 1. The highest BCUT2D eigenvalue weighted by atomic mass is 19.1. The molecule has 0 aliphatic rings. The van der Waals surface area contributed by atoms with Crippen LogP contribution in [-0.4, -0.2) is 17.0 Å². The zero-order valence-corrected chi connectivity index (χ0v) is 12.6. The third-order valence-electron chi connectivity index (χ3n) is 3.64. The fraction of sp³-hybridized carbons (Fsp3) is 0.105. The number of carbonyl (C=O) groups is 1. The van der Waals surface area contributed by atoms with Crippen molar-refractivity contribution in [1.82, 2.24) is 9.88 Å². The van der Waals surface area contributed by atoms with Crippen molar-refractivity contribution in [2.75, 3.05) is 6.54 Å². The van der Waals surface area contributed by atoms with Crippen LogP contribution in [0.2, 0.25) is 0 Å². The lowest BCUT2D eigenvalue weighted by Gasteiger charge is -2.07. The van der Waals surface area contributed by atoms with Crippen LogP contribution in [0.3, 0.4) is 0 Å². The summed E-state index contributed by atoms with van der Waals surface area (Å²) in [5.41, 5.74) is 2.63. The molecule has 1 heterocycles. The number of nitrogens with zero attached hydrogens (tertiary/aromatic N) is 1. The van der Waals surface area contributed by atoms with Gasteiger partial charge in [0.05, 0.1) is 0 Å². The van der Waals surface area contributed by atoms with Gasteiger partial charge in [0.25, 0.3) is 5.91 Å². The van der Waals surface area contributed by atoms with Gasteiger partial charge < -0.3 is 9.88 Å². The van der Waals surface area contributed by atoms with Crippen LogP contribution in [0, 0.1) is 5.82 Å². The van der Waals surface area contributed by atoms with E-state index in [9.17, 15) is 9.18 Å². The van der Waals surface area contributed by atoms with Crippen LogP contribution in [0.4, 0.5) is 4.39 Å². The SMILES string of the molecule is O=C(NCCc1ccc(F)cc1)c1ccc(-n2cccc2)cc1. The summed E-state index contributed by atoms with van der Waals surface area (Å²) in [6, 6.07) is 17.7. The maximum Gasteiger partial charge on any atom is 0.251 e. The molecule has 0 aliphatic carbocycles. The third-order valence-corrected chi connectivity index (χ3v) is 3.64. The number of rotatable bonds is 5. The monoisotopic (exact) mass is 308 g/mol. The lowest BCUT2D eigenvalue weighted by molar-refractivity contribution is 0.0954. The van der Waals surface area contributed by atoms with E-state index in [4.69, 9.17) is 0 Å². The van der Waals surface area contributed by atoms with Crippen molar-refractivity contribution in [2.45, 2.75) is 6.42 Å². The minimum atomic E-state index is -0.249. The molecule has 4 heteroatoms. The first-order chi connectivity index (χ1) is 11.2. The molecular formula is C19H17FN2O. The molecule has 0 saturated heterocycles. The lowest BCUT2D eigenvalue weighted by atomic mass is 10.1. The lowest BCUT2D eigenvalue weighted by Crippen LogP contribution is -2.25. The average molecular weight is 308 g/mol. The first-order valence-corrected chi connectivity index (χ1v) is 7.48. The van der Waals surface area contributed by atoms with Crippen molar-refractivity contribution in [3.05, 3.63) is 90.0 Å². The Kier molecular flexibility index (Phi) is 4.52.